The molecule has 2 N–H and O–H groups in total. The highest BCUT2D eigenvalue weighted by atomic mass is 32.1. The lowest BCUT2D eigenvalue weighted by atomic mass is 9.94. The van der Waals surface area contributed by atoms with Crippen molar-refractivity contribution in [3.8, 4) is 0 Å². The lowest BCUT2D eigenvalue weighted by molar-refractivity contribution is -0.137. The van der Waals surface area contributed by atoms with Crippen LogP contribution in [0, 0.1) is 0 Å². The van der Waals surface area contributed by atoms with Gasteiger partial charge in [0.2, 0.25) is 0 Å². The minimum atomic E-state index is -1.23. The molecule has 0 radical (unpaired) electrons. The van der Waals surface area contributed by atoms with Gasteiger partial charge in [-0.05, 0) is 19.4 Å². The number of aromatic amines is 1. The minimum Gasteiger partial charge on any atom is -0.480 e. The average molecular weight is 310 g/mol. The lowest BCUT2D eigenvalue weighted by Crippen LogP contribution is -2.38. The van der Waals surface area contributed by atoms with E-state index in [4.69, 9.17) is 9.84 Å². The fourth-order valence-electron chi connectivity index (χ4n) is 2.54. The van der Waals surface area contributed by atoms with Crippen molar-refractivity contribution in [2.45, 2.75) is 39.0 Å². The first-order valence-corrected chi connectivity index (χ1v) is 7.23. The normalized spacial score (nSPS) is 16.9. The number of aromatic nitrogens is 2. The molecule has 0 aromatic carbocycles. The van der Waals surface area contributed by atoms with Crippen LogP contribution in [0.3, 0.4) is 0 Å². The Morgan fingerprint density at radius 2 is 2.19 bits per heavy atom. The molecule has 2 aromatic heterocycles. The van der Waals surface area contributed by atoms with E-state index in [9.17, 15) is 14.4 Å². The van der Waals surface area contributed by atoms with Gasteiger partial charge in [-0.3, -0.25) is 14.6 Å². The summed E-state index contributed by atoms with van der Waals surface area (Å²) in [5, 5.41) is 9.24. The molecule has 3 rings (SSSR count). The molecule has 8 heteroatoms. The number of nitrogens with zero attached hydrogens (tertiary/aromatic N) is 1. The van der Waals surface area contributed by atoms with Crippen molar-refractivity contribution in [3.05, 3.63) is 31.3 Å². The van der Waals surface area contributed by atoms with Crippen molar-refractivity contribution < 1.29 is 14.6 Å². The van der Waals surface area contributed by atoms with Crippen LogP contribution in [0.15, 0.2) is 9.59 Å². The van der Waals surface area contributed by atoms with Crippen LogP contribution in [0.5, 0.6) is 0 Å². The van der Waals surface area contributed by atoms with Gasteiger partial charge in [-0.1, -0.05) is 0 Å². The van der Waals surface area contributed by atoms with Crippen molar-refractivity contribution in [3.63, 3.8) is 0 Å². The average Bonchev–Trinajstić information content (AvgIpc) is 2.70. The molecule has 0 atom stereocenters. The third kappa shape index (κ3) is 2.30. The third-order valence-corrected chi connectivity index (χ3v) is 4.63. The van der Waals surface area contributed by atoms with Crippen LogP contribution in [-0.2, 0) is 29.1 Å². The number of hydrogen-bond donors (Lipinski definition) is 2. The Morgan fingerprint density at radius 3 is 2.86 bits per heavy atom. The van der Waals surface area contributed by atoms with Crippen LogP contribution in [0.1, 0.15) is 24.3 Å². The molecule has 0 aliphatic carbocycles. The molecule has 0 fully saturated rings. The monoisotopic (exact) mass is 310 g/mol. The predicted octanol–water partition coefficient (Wildman–Crippen LogP) is 0.687. The first-order valence-electron chi connectivity index (χ1n) is 6.41. The number of aliphatic carboxylic acids is 1. The van der Waals surface area contributed by atoms with Crippen LogP contribution >= 0.6 is 11.3 Å². The van der Waals surface area contributed by atoms with Crippen molar-refractivity contribution in [2.75, 3.05) is 0 Å². The fraction of sp³-hybridized carbons (Fsp3) is 0.462. The topological polar surface area (TPSA) is 101 Å². The zero-order valence-corrected chi connectivity index (χ0v) is 12.4. The van der Waals surface area contributed by atoms with E-state index in [1.165, 1.54) is 11.3 Å². The van der Waals surface area contributed by atoms with Crippen LogP contribution in [0.4, 0.5) is 0 Å². The highest BCUT2D eigenvalue weighted by Gasteiger charge is 2.31. The van der Waals surface area contributed by atoms with E-state index in [2.05, 4.69) is 4.98 Å². The van der Waals surface area contributed by atoms with Gasteiger partial charge in [-0.15, -0.1) is 11.3 Å². The molecule has 0 amide bonds. The molecule has 0 spiro atoms. The summed E-state index contributed by atoms with van der Waals surface area (Å²) in [6.07, 6.45) is 0.552. The Morgan fingerprint density at radius 1 is 1.48 bits per heavy atom. The zero-order valence-electron chi connectivity index (χ0n) is 11.6. The number of rotatable bonds is 2. The summed E-state index contributed by atoms with van der Waals surface area (Å²) < 4.78 is 6.42. The molecule has 112 valence electrons. The molecule has 1 aliphatic heterocycles. The van der Waals surface area contributed by atoms with E-state index in [0.717, 1.165) is 15.0 Å². The summed E-state index contributed by atoms with van der Waals surface area (Å²) in [5.74, 6) is -1.23. The largest absolute Gasteiger partial charge is 0.480 e. The first kappa shape index (κ1) is 14.0. The summed E-state index contributed by atoms with van der Waals surface area (Å²) in [4.78, 5) is 39.1. The maximum absolute atomic E-state index is 12.5. The number of carboxylic acid groups (broad SMARTS) is 1. The van der Waals surface area contributed by atoms with Crippen LogP contribution in [0.25, 0.3) is 10.2 Å². The summed E-state index contributed by atoms with van der Waals surface area (Å²) in [5.41, 5.74) is -0.784. The second-order valence-corrected chi connectivity index (χ2v) is 6.75. The van der Waals surface area contributed by atoms with E-state index in [1.807, 2.05) is 13.8 Å². The van der Waals surface area contributed by atoms with Gasteiger partial charge in [-0.2, -0.15) is 0 Å². The molecule has 0 saturated carbocycles. The van der Waals surface area contributed by atoms with E-state index >= 15 is 0 Å². The molecule has 0 unspecified atom stereocenters. The smallest absolute Gasteiger partial charge is 0.329 e. The van der Waals surface area contributed by atoms with Gasteiger partial charge < -0.3 is 9.84 Å². The maximum Gasteiger partial charge on any atom is 0.329 e. The first-order chi connectivity index (χ1) is 9.78. The van der Waals surface area contributed by atoms with Crippen LogP contribution in [-0.4, -0.2) is 26.2 Å². The van der Waals surface area contributed by atoms with E-state index < -0.39 is 23.8 Å². The number of H-pyrrole nitrogens is 1. The molecule has 2 aromatic rings. The molecule has 0 saturated heterocycles. The Balaban J connectivity index is 2.30. The third-order valence-electron chi connectivity index (χ3n) is 3.51. The molecule has 21 heavy (non-hydrogen) atoms. The van der Waals surface area contributed by atoms with Crippen molar-refractivity contribution in [1.82, 2.24) is 9.55 Å². The summed E-state index contributed by atoms with van der Waals surface area (Å²) in [7, 11) is 0. The standard InChI is InChI=1S/C13H14N2O5S/c1-13(2)3-6-7(5-20-13)21-10-9(6)11(18)15(4-8(16)17)12(19)14-10/h3-5H2,1-2H3,(H,14,19)(H,16,17). The predicted molar refractivity (Wildman–Crippen MR) is 76.9 cm³/mol. The molecule has 1 aliphatic rings. The molecular weight excluding hydrogens is 296 g/mol. The molecule has 7 nitrogen and oxygen atoms in total. The Kier molecular flexibility index (Phi) is 3.03. The lowest BCUT2D eigenvalue weighted by Gasteiger charge is -2.29. The number of carboxylic acids is 1. The van der Waals surface area contributed by atoms with Gasteiger partial charge in [0, 0.05) is 11.3 Å². The van der Waals surface area contributed by atoms with Crippen LogP contribution < -0.4 is 11.2 Å². The summed E-state index contributed by atoms with van der Waals surface area (Å²) in [6, 6.07) is 0. The van der Waals surface area contributed by atoms with Gasteiger partial charge in [0.15, 0.2) is 0 Å². The van der Waals surface area contributed by atoms with E-state index in [0.29, 0.717) is 23.2 Å². The fourth-order valence-corrected chi connectivity index (χ4v) is 3.65. The van der Waals surface area contributed by atoms with Crippen molar-refractivity contribution in [2.24, 2.45) is 0 Å². The quantitative estimate of drug-likeness (QED) is 0.849. The Hall–Kier alpha value is -1.93. The van der Waals surface area contributed by atoms with Crippen molar-refractivity contribution in [1.29, 1.82) is 0 Å². The Labute approximate surface area is 122 Å². The Bertz CT molecular complexity index is 858. The van der Waals surface area contributed by atoms with E-state index in [-0.39, 0.29) is 5.60 Å². The van der Waals surface area contributed by atoms with E-state index in [1.54, 1.807) is 0 Å². The molecule has 3 heterocycles. The van der Waals surface area contributed by atoms with Gasteiger partial charge in [0.1, 0.15) is 11.4 Å². The number of carbonyl (C=O) groups is 1. The maximum atomic E-state index is 12.5. The zero-order chi connectivity index (χ0) is 15.4. The van der Waals surface area contributed by atoms with Crippen molar-refractivity contribution >= 4 is 27.5 Å². The van der Waals surface area contributed by atoms with Gasteiger partial charge in [0.05, 0.1) is 17.6 Å². The summed E-state index contributed by atoms with van der Waals surface area (Å²) in [6.45, 7) is 3.61. The highest BCUT2D eigenvalue weighted by molar-refractivity contribution is 7.18. The second kappa shape index (κ2) is 4.54. The number of fused-ring (bicyclic) bond motifs is 3. The molecular formula is C13H14N2O5S. The molecule has 0 bridgehead atoms. The number of nitrogens with one attached hydrogen (secondary N) is 1. The van der Waals surface area contributed by atoms with Gasteiger partial charge in [-0.25, -0.2) is 9.36 Å². The minimum absolute atomic E-state index is 0.388. The SMILES string of the molecule is CC1(C)Cc2c(sc3[nH]c(=O)n(CC(=O)O)c(=O)c23)CO1. The number of hydrogen-bond acceptors (Lipinski definition) is 5. The highest BCUT2D eigenvalue weighted by Crippen LogP contribution is 2.36. The summed E-state index contributed by atoms with van der Waals surface area (Å²) >= 11 is 1.32. The number of thiophene rings is 1. The van der Waals surface area contributed by atoms with Gasteiger partial charge >= 0.3 is 11.7 Å². The second-order valence-electron chi connectivity index (χ2n) is 5.65. The number of ether oxygens (including phenoxy) is 1. The van der Waals surface area contributed by atoms with Crippen LogP contribution in [0.2, 0.25) is 0 Å². The van der Waals surface area contributed by atoms with Gasteiger partial charge in [0.25, 0.3) is 5.56 Å².